The normalized spacial score (nSPS) is 30.6. The minimum Gasteiger partial charge on any atom is -0.465 e. The van der Waals surface area contributed by atoms with Crippen molar-refractivity contribution >= 4 is 6.09 Å². The lowest BCUT2D eigenvalue weighted by Crippen LogP contribution is -2.63. The van der Waals surface area contributed by atoms with Crippen molar-refractivity contribution < 1.29 is 15.0 Å². The number of hydrogen-bond acceptors (Lipinski definition) is 3. The molecule has 3 rings (SSSR count). The first-order chi connectivity index (χ1) is 11.3. The number of carboxylic acid groups (broad SMARTS) is 1. The Hall–Kier alpha value is -1.59. The average Bonchev–Trinajstić information content (AvgIpc) is 3.23. The summed E-state index contributed by atoms with van der Waals surface area (Å²) in [5.41, 5.74) is 0.978. The van der Waals surface area contributed by atoms with Crippen LogP contribution in [0, 0.1) is 11.3 Å². The van der Waals surface area contributed by atoms with Crippen molar-refractivity contribution in [3.05, 3.63) is 35.9 Å². The summed E-state index contributed by atoms with van der Waals surface area (Å²) in [6.07, 6.45) is 0.0474. The molecule has 0 radical (unpaired) electrons. The van der Waals surface area contributed by atoms with E-state index in [0.29, 0.717) is 19.0 Å². The van der Waals surface area contributed by atoms with Crippen LogP contribution in [0.2, 0.25) is 0 Å². The van der Waals surface area contributed by atoms with Gasteiger partial charge in [-0.2, -0.15) is 0 Å². The molecule has 2 unspecified atom stereocenters. The van der Waals surface area contributed by atoms with E-state index in [1.807, 2.05) is 18.2 Å². The highest BCUT2D eigenvalue weighted by atomic mass is 16.4. The number of aliphatic hydroxyl groups is 1. The number of aliphatic hydroxyl groups excluding tert-OH is 1. The molecule has 1 aromatic rings. The van der Waals surface area contributed by atoms with Crippen LogP contribution in [0.1, 0.15) is 32.8 Å². The number of hydrogen-bond donors (Lipinski definition) is 2. The van der Waals surface area contributed by atoms with E-state index in [2.05, 4.69) is 37.8 Å². The predicted octanol–water partition coefficient (Wildman–Crippen LogP) is 2.65. The monoisotopic (exact) mass is 332 g/mol. The molecule has 1 amide bonds. The van der Waals surface area contributed by atoms with Gasteiger partial charge in [0, 0.05) is 19.6 Å². The Bertz CT molecular complexity index is 598. The second-order valence-corrected chi connectivity index (χ2v) is 8.35. The maximum absolute atomic E-state index is 11.8. The maximum Gasteiger partial charge on any atom is 0.407 e. The molecule has 5 heteroatoms. The summed E-state index contributed by atoms with van der Waals surface area (Å²) >= 11 is 0. The predicted molar refractivity (Wildman–Crippen MR) is 92.7 cm³/mol. The van der Waals surface area contributed by atoms with Gasteiger partial charge >= 0.3 is 6.09 Å². The SMILES string of the molecule is CC(C)(C)C1CC12CN(Cc1ccccc1)[C@@H](CO)CN2C(=O)O. The van der Waals surface area contributed by atoms with Crippen molar-refractivity contribution in [2.75, 3.05) is 19.7 Å². The van der Waals surface area contributed by atoms with Crippen LogP contribution < -0.4 is 0 Å². The van der Waals surface area contributed by atoms with Crippen LogP contribution in [-0.2, 0) is 6.54 Å². The van der Waals surface area contributed by atoms with Crippen molar-refractivity contribution in [1.82, 2.24) is 9.80 Å². The van der Waals surface area contributed by atoms with Gasteiger partial charge in [-0.3, -0.25) is 9.80 Å². The Morgan fingerprint density at radius 2 is 1.96 bits per heavy atom. The second-order valence-electron chi connectivity index (χ2n) is 8.35. The Morgan fingerprint density at radius 3 is 2.46 bits per heavy atom. The van der Waals surface area contributed by atoms with E-state index in [0.717, 1.165) is 13.0 Å². The fourth-order valence-corrected chi connectivity index (χ4v) is 4.40. The summed E-state index contributed by atoms with van der Waals surface area (Å²) in [6, 6.07) is 10.0. The molecule has 1 aliphatic carbocycles. The summed E-state index contributed by atoms with van der Waals surface area (Å²) in [7, 11) is 0. The topological polar surface area (TPSA) is 64.0 Å². The van der Waals surface area contributed by atoms with E-state index in [1.165, 1.54) is 5.56 Å². The fourth-order valence-electron chi connectivity index (χ4n) is 4.40. The number of nitrogens with zero attached hydrogens (tertiary/aromatic N) is 2. The average molecular weight is 332 g/mol. The molecule has 2 fully saturated rings. The van der Waals surface area contributed by atoms with E-state index < -0.39 is 6.09 Å². The quantitative estimate of drug-likeness (QED) is 0.893. The first-order valence-corrected chi connectivity index (χ1v) is 8.67. The van der Waals surface area contributed by atoms with Gasteiger partial charge in [-0.15, -0.1) is 0 Å². The molecule has 1 aliphatic heterocycles. The lowest BCUT2D eigenvalue weighted by molar-refractivity contribution is -0.0152. The van der Waals surface area contributed by atoms with E-state index in [-0.39, 0.29) is 23.6 Å². The standard InChI is InChI=1S/C19H28N2O3/c1-18(2,3)16-9-19(16)13-20(10-14-7-5-4-6-8-14)15(12-22)11-21(19)17(23)24/h4-8,15-16,22H,9-13H2,1-3H3,(H,23,24)/t15-,16?,19?/m1/s1. The minimum absolute atomic E-state index is 0.0210. The fraction of sp³-hybridized carbons (Fsp3) is 0.632. The molecule has 2 aliphatic rings. The van der Waals surface area contributed by atoms with E-state index >= 15 is 0 Å². The molecule has 0 aromatic heterocycles. The van der Waals surface area contributed by atoms with Gasteiger partial charge in [0.25, 0.3) is 0 Å². The van der Waals surface area contributed by atoms with Crippen molar-refractivity contribution in [2.24, 2.45) is 11.3 Å². The van der Waals surface area contributed by atoms with Crippen LogP contribution in [0.5, 0.6) is 0 Å². The number of carbonyl (C=O) groups is 1. The number of rotatable bonds is 3. The van der Waals surface area contributed by atoms with Gasteiger partial charge in [-0.05, 0) is 23.3 Å². The van der Waals surface area contributed by atoms with Gasteiger partial charge in [0.05, 0.1) is 18.2 Å². The summed E-state index contributed by atoms with van der Waals surface area (Å²) in [6.45, 7) is 8.36. The van der Waals surface area contributed by atoms with Gasteiger partial charge in [0.15, 0.2) is 0 Å². The number of benzene rings is 1. The molecule has 3 atom stereocenters. The summed E-state index contributed by atoms with van der Waals surface area (Å²) in [5.74, 6) is 0.360. The van der Waals surface area contributed by atoms with E-state index in [1.54, 1.807) is 4.90 Å². The van der Waals surface area contributed by atoms with E-state index in [4.69, 9.17) is 0 Å². The molecule has 1 aromatic carbocycles. The van der Waals surface area contributed by atoms with E-state index in [9.17, 15) is 15.0 Å². The third-order valence-electron chi connectivity index (χ3n) is 5.69. The number of amides is 1. The lowest BCUT2D eigenvalue weighted by atomic mass is 9.85. The smallest absolute Gasteiger partial charge is 0.407 e. The van der Waals surface area contributed by atoms with Crippen LogP contribution >= 0.6 is 0 Å². The summed E-state index contributed by atoms with van der Waals surface area (Å²) in [5, 5.41) is 19.5. The Morgan fingerprint density at radius 1 is 1.29 bits per heavy atom. The van der Waals surface area contributed by atoms with Gasteiger partial charge < -0.3 is 10.2 Å². The van der Waals surface area contributed by atoms with Gasteiger partial charge in [0.1, 0.15) is 0 Å². The van der Waals surface area contributed by atoms with Crippen LogP contribution in [-0.4, -0.2) is 57.4 Å². The van der Waals surface area contributed by atoms with Crippen LogP contribution in [0.15, 0.2) is 30.3 Å². The van der Waals surface area contributed by atoms with Crippen molar-refractivity contribution in [2.45, 2.75) is 45.3 Å². The highest BCUT2D eigenvalue weighted by molar-refractivity contribution is 5.67. The molecular formula is C19H28N2O3. The van der Waals surface area contributed by atoms with Crippen LogP contribution in [0.4, 0.5) is 4.79 Å². The van der Waals surface area contributed by atoms with Crippen LogP contribution in [0.25, 0.3) is 0 Å². The molecule has 5 nitrogen and oxygen atoms in total. The Balaban J connectivity index is 1.85. The molecule has 1 saturated carbocycles. The molecule has 132 valence electrons. The Kier molecular flexibility index (Phi) is 4.34. The zero-order valence-corrected chi connectivity index (χ0v) is 14.8. The first kappa shape index (κ1) is 17.2. The molecule has 1 heterocycles. The zero-order valence-electron chi connectivity index (χ0n) is 14.8. The second kappa shape index (κ2) is 6.05. The molecule has 1 spiro atoms. The van der Waals surface area contributed by atoms with Crippen molar-refractivity contribution in [1.29, 1.82) is 0 Å². The molecule has 24 heavy (non-hydrogen) atoms. The Labute approximate surface area is 143 Å². The molecule has 2 N–H and O–H groups in total. The third kappa shape index (κ3) is 3.03. The largest absolute Gasteiger partial charge is 0.465 e. The first-order valence-electron chi connectivity index (χ1n) is 8.67. The van der Waals surface area contributed by atoms with Gasteiger partial charge in [0.2, 0.25) is 0 Å². The molecule has 0 bridgehead atoms. The van der Waals surface area contributed by atoms with Crippen molar-refractivity contribution in [3.63, 3.8) is 0 Å². The third-order valence-corrected chi connectivity index (χ3v) is 5.69. The molecular weight excluding hydrogens is 304 g/mol. The lowest BCUT2D eigenvalue weighted by Gasteiger charge is -2.47. The van der Waals surface area contributed by atoms with Crippen LogP contribution in [0.3, 0.4) is 0 Å². The summed E-state index contributed by atoms with van der Waals surface area (Å²) in [4.78, 5) is 15.7. The highest BCUT2D eigenvalue weighted by Gasteiger charge is 2.66. The summed E-state index contributed by atoms with van der Waals surface area (Å²) < 4.78 is 0. The number of piperazine rings is 1. The zero-order chi connectivity index (χ0) is 17.5. The van der Waals surface area contributed by atoms with Gasteiger partial charge in [-0.1, -0.05) is 51.1 Å². The maximum atomic E-state index is 11.8. The highest BCUT2D eigenvalue weighted by Crippen LogP contribution is 2.59. The molecule has 1 saturated heterocycles. The van der Waals surface area contributed by atoms with Gasteiger partial charge in [-0.25, -0.2) is 4.79 Å². The van der Waals surface area contributed by atoms with Crippen molar-refractivity contribution in [3.8, 4) is 0 Å². The minimum atomic E-state index is -0.862.